The van der Waals surface area contributed by atoms with Gasteiger partial charge >= 0.3 is 6.18 Å². The summed E-state index contributed by atoms with van der Waals surface area (Å²) in [6.45, 7) is 22.8. The number of aryl methyl sites for hydroxylation is 1. The molecule has 0 spiro atoms. The molecule has 0 fully saturated rings. The Morgan fingerprint density at radius 1 is 0.640 bits per heavy atom. The summed E-state index contributed by atoms with van der Waals surface area (Å²) in [4.78, 5) is 4.02. The average molecular weight is 701 g/mol. The lowest BCUT2D eigenvalue weighted by molar-refractivity contribution is -0.137. The molecule has 0 bridgehead atoms. The van der Waals surface area contributed by atoms with Crippen molar-refractivity contribution in [2.75, 3.05) is 6.54 Å². The van der Waals surface area contributed by atoms with Gasteiger partial charge in [0.15, 0.2) is 0 Å². The van der Waals surface area contributed by atoms with E-state index in [0.29, 0.717) is 37.3 Å². The Labute approximate surface area is 298 Å². The minimum absolute atomic E-state index is 0.178. The molecule has 0 aliphatic carbocycles. The zero-order valence-electron chi connectivity index (χ0n) is 31.4. The Hall–Kier alpha value is -3.57. The van der Waals surface area contributed by atoms with E-state index in [-0.39, 0.29) is 5.82 Å². The van der Waals surface area contributed by atoms with E-state index in [9.17, 15) is 17.6 Å². The van der Waals surface area contributed by atoms with Crippen LogP contribution in [0.15, 0.2) is 91.5 Å². The normalized spacial score (nSPS) is 11.1. The number of rotatable bonds is 13. The van der Waals surface area contributed by atoms with E-state index in [1.165, 1.54) is 39.6 Å². The number of hydrogen-bond acceptors (Lipinski definition) is 5. The van der Waals surface area contributed by atoms with E-state index < -0.39 is 11.7 Å². The first kappa shape index (κ1) is 44.5. The molecule has 2 heterocycles. The van der Waals surface area contributed by atoms with Crippen LogP contribution in [0.3, 0.4) is 0 Å². The van der Waals surface area contributed by atoms with E-state index in [4.69, 9.17) is 0 Å². The van der Waals surface area contributed by atoms with Crippen LogP contribution in [0.1, 0.15) is 83.2 Å². The fraction of sp³-hybridized carbons (Fsp3) is 0.475. The van der Waals surface area contributed by atoms with Gasteiger partial charge in [-0.3, -0.25) is 4.98 Å². The predicted molar refractivity (Wildman–Crippen MR) is 200 cm³/mol. The molecular formula is C40H60F4N6. The molecule has 2 aromatic carbocycles. The molecule has 0 amide bonds. The van der Waals surface area contributed by atoms with Gasteiger partial charge in [-0.1, -0.05) is 103 Å². The lowest BCUT2D eigenvalue weighted by Gasteiger charge is -2.08. The van der Waals surface area contributed by atoms with Crippen molar-refractivity contribution in [3.8, 4) is 0 Å². The highest BCUT2D eigenvalue weighted by Crippen LogP contribution is 2.29. The van der Waals surface area contributed by atoms with Crippen molar-refractivity contribution in [2.24, 2.45) is 0 Å². The number of benzene rings is 2. The first-order valence-corrected chi connectivity index (χ1v) is 17.4. The molecule has 10 heteroatoms. The Morgan fingerprint density at radius 2 is 1.12 bits per heavy atom. The van der Waals surface area contributed by atoms with Crippen LogP contribution in [0.5, 0.6) is 0 Å². The maximum absolute atomic E-state index is 12.5. The molecule has 50 heavy (non-hydrogen) atoms. The van der Waals surface area contributed by atoms with Gasteiger partial charge in [0, 0.05) is 81.7 Å². The molecule has 4 rings (SSSR count). The second-order valence-electron chi connectivity index (χ2n) is 13.3. The summed E-state index contributed by atoms with van der Waals surface area (Å²) >= 11 is 0. The number of nitrogens with zero attached hydrogens (tertiary/aromatic N) is 2. The smallest absolute Gasteiger partial charge is 0.352 e. The van der Waals surface area contributed by atoms with Crippen molar-refractivity contribution in [3.63, 3.8) is 0 Å². The Bertz CT molecular complexity index is 1330. The average Bonchev–Trinajstić information content (AvgIpc) is 3.54. The number of halogens is 4. The van der Waals surface area contributed by atoms with Crippen molar-refractivity contribution in [3.05, 3.63) is 125 Å². The van der Waals surface area contributed by atoms with E-state index in [2.05, 4.69) is 105 Å². The summed E-state index contributed by atoms with van der Waals surface area (Å²) in [5.41, 5.74) is 4.44. The number of nitrogens with one attached hydrogen (secondary N) is 4. The summed E-state index contributed by atoms with van der Waals surface area (Å²) in [5, 5.41) is 13.1. The second kappa shape index (κ2) is 24.6. The summed E-state index contributed by atoms with van der Waals surface area (Å²) < 4.78 is 50.7. The largest absolute Gasteiger partial charge is 0.417 e. The molecule has 0 aliphatic heterocycles. The Kier molecular flexibility index (Phi) is 21.8. The number of hydrogen-bond donors (Lipinski definition) is 4. The highest BCUT2D eigenvalue weighted by molar-refractivity contribution is 5.21. The van der Waals surface area contributed by atoms with Gasteiger partial charge in [-0.25, -0.2) is 4.39 Å². The topological polar surface area (TPSA) is 65.9 Å². The van der Waals surface area contributed by atoms with Gasteiger partial charge in [0.05, 0.1) is 5.56 Å². The maximum atomic E-state index is 12.5. The molecule has 0 aliphatic rings. The Balaban J connectivity index is 0.000000336. The van der Waals surface area contributed by atoms with Crippen LogP contribution >= 0.6 is 0 Å². The summed E-state index contributed by atoms with van der Waals surface area (Å²) in [7, 11) is 0. The standard InChI is InChI=1S/C11H17N.C10H15F3N2.C10H14FN.C9H14N2/c1-9(2)12-8-11-6-4-10(3)5-7-11;1-8(2)14-4-6-15-5-3-9(7-15)10(11,12)13;1-8(2)12-7-9-3-5-10(11)6-4-9;1-8(2)11-7-9-4-3-5-10-6-9/h4-7,9,12H,8H2,1-3H3;3,5,7-8,14H,4,6H2,1-2H3;3-6,8,12H,7H2,1-2H3;3-6,8,11H,7H2,1-2H3. The van der Waals surface area contributed by atoms with Gasteiger partial charge in [0.1, 0.15) is 5.82 Å². The van der Waals surface area contributed by atoms with Crippen LogP contribution in [0, 0.1) is 12.7 Å². The molecule has 0 unspecified atom stereocenters. The van der Waals surface area contributed by atoms with E-state index in [1.807, 2.05) is 26.1 Å². The molecular weight excluding hydrogens is 640 g/mol. The lowest BCUT2D eigenvalue weighted by Crippen LogP contribution is -2.26. The summed E-state index contributed by atoms with van der Waals surface area (Å²) in [6.07, 6.45) is 2.01. The molecule has 6 nitrogen and oxygen atoms in total. The third-order valence-electron chi connectivity index (χ3n) is 6.90. The molecule has 2 aromatic heterocycles. The molecule has 4 aromatic rings. The van der Waals surface area contributed by atoms with Gasteiger partial charge in [-0.15, -0.1) is 0 Å². The van der Waals surface area contributed by atoms with Crippen molar-refractivity contribution in [1.82, 2.24) is 30.8 Å². The summed E-state index contributed by atoms with van der Waals surface area (Å²) in [6, 6.07) is 22.2. The SMILES string of the molecule is CC(C)NCCn1ccc(C(F)(F)F)c1.CC(C)NCc1ccc(F)cc1.CC(C)NCc1cccnc1.Cc1ccc(CNC(C)C)cc1. The minimum atomic E-state index is -4.24. The van der Waals surface area contributed by atoms with Crippen molar-refractivity contribution >= 4 is 0 Å². The molecule has 0 saturated carbocycles. The second-order valence-corrected chi connectivity index (χ2v) is 13.3. The van der Waals surface area contributed by atoms with Crippen LogP contribution in [-0.4, -0.2) is 40.3 Å². The quantitative estimate of drug-likeness (QED) is 0.105. The number of aromatic nitrogens is 2. The van der Waals surface area contributed by atoms with Crippen LogP contribution in [0.25, 0.3) is 0 Å². The summed E-state index contributed by atoms with van der Waals surface area (Å²) in [5.74, 6) is -0.178. The molecule has 0 saturated heterocycles. The highest BCUT2D eigenvalue weighted by atomic mass is 19.4. The van der Waals surface area contributed by atoms with Gasteiger partial charge in [0.2, 0.25) is 0 Å². The van der Waals surface area contributed by atoms with Crippen molar-refractivity contribution < 1.29 is 17.6 Å². The molecule has 0 radical (unpaired) electrons. The fourth-order valence-electron chi connectivity index (χ4n) is 4.01. The van der Waals surface area contributed by atoms with Crippen LogP contribution < -0.4 is 21.3 Å². The third-order valence-corrected chi connectivity index (χ3v) is 6.90. The first-order chi connectivity index (χ1) is 23.5. The van der Waals surface area contributed by atoms with E-state index >= 15 is 0 Å². The zero-order valence-corrected chi connectivity index (χ0v) is 31.4. The Morgan fingerprint density at radius 3 is 1.54 bits per heavy atom. The zero-order chi connectivity index (χ0) is 37.5. The predicted octanol–water partition coefficient (Wildman–Crippen LogP) is 8.90. The van der Waals surface area contributed by atoms with Crippen LogP contribution in [0.2, 0.25) is 0 Å². The van der Waals surface area contributed by atoms with Gasteiger partial charge in [-0.2, -0.15) is 13.2 Å². The molecule has 0 atom stereocenters. The van der Waals surface area contributed by atoms with Crippen LogP contribution in [-0.2, 0) is 32.4 Å². The number of pyridine rings is 1. The fourth-order valence-corrected chi connectivity index (χ4v) is 4.01. The third kappa shape index (κ3) is 22.9. The van der Waals surface area contributed by atoms with Gasteiger partial charge in [0.25, 0.3) is 0 Å². The first-order valence-electron chi connectivity index (χ1n) is 17.4. The molecule has 4 N–H and O–H groups in total. The van der Waals surface area contributed by atoms with E-state index in [1.54, 1.807) is 18.3 Å². The van der Waals surface area contributed by atoms with E-state index in [0.717, 1.165) is 37.5 Å². The van der Waals surface area contributed by atoms with Crippen molar-refractivity contribution in [2.45, 2.75) is 119 Å². The van der Waals surface area contributed by atoms with Gasteiger partial charge in [-0.05, 0) is 47.9 Å². The van der Waals surface area contributed by atoms with Crippen LogP contribution in [0.4, 0.5) is 17.6 Å². The van der Waals surface area contributed by atoms with Crippen molar-refractivity contribution in [1.29, 1.82) is 0 Å². The minimum Gasteiger partial charge on any atom is -0.352 e. The monoisotopic (exact) mass is 700 g/mol. The molecule has 278 valence electrons. The highest BCUT2D eigenvalue weighted by Gasteiger charge is 2.31. The lowest BCUT2D eigenvalue weighted by atomic mass is 10.1. The number of alkyl halides is 3. The maximum Gasteiger partial charge on any atom is 0.417 e. The van der Waals surface area contributed by atoms with Gasteiger partial charge < -0.3 is 25.8 Å².